The Labute approximate surface area is 112 Å². The van der Waals surface area contributed by atoms with Crippen LogP contribution in [0.4, 0.5) is 5.69 Å². The Bertz CT molecular complexity index is 518. The molecule has 0 spiro atoms. The van der Waals surface area contributed by atoms with Gasteiger partial charge in [-0.1, -0.05) is 12.1 Å². The van der Waals surface area contributed by atoms with Crippen LogP contribution in [0.25, 0.3) is 0 Å². The van der Waals surface area contributed by atoms with E-state index < -0.39 is 0 Å². The van der Waals surface area contributed by atoms with E-state index in [4.69, 9.17) is 5.26 Å². The van der Waals surface area contributed by atoms with Crippen LogP contribution in [0, 0.1) is 11.3 Å². The second-order valence-corrected chi connectivity index (χ2v) is 4.45. The van der Waals surface area contributed by atoms with Gasteiger partial charge in [0.2, 0.25) is 11.8 Å². The Morgan fingerprint density at radius 1 is 1.37 bits per heavy atom. The highest BCUT2D eigenvalue weighted by Gasteiger charge is 2.17. The minimum atomic E-state index is -0.313. The van der Waals surface area contributed by atoms with Gasteiger partial charge in [-0.25, -0.2) is 0 Å². The van der Waals surface area contributed by atoms with Crippen LogP contribution >= 0.6 is 0 Å². The van der Waals surface area contributed by atoms with Crippen molar-refractivity contribution in [1.29, 1.82) is 5.26 Å². The molecule has 0 saturated carbocycles. The first kappa shape index (κ1) is 14.7. The van der Waals surface area contributed by atoms with E-state index in [1.807, 2.05) is 19.9 Å². The van der Waals surface area contributed by atoms with Gasteiger partial charge in [-0.2, -0.15) is 5.26 Å². The van der Waals surface area contributed by atoms with Crippen LogP contribution in [0.1, 0.15) is 26.3 Å². The Morgan fingerprint density at radius 2 is 2.00 bits per heavy atom. The predicted molar refractivity (Wildman–Crippen MR) is 72.3 cm³/mol. The number of anilines is 1. The lowest BCUT2D eigenvalue weighted by atomic mass is 10.2. The van der Waals surface area contributed by atoms with Crippen LogP contribution in [0.15, 0.2) is 24.3 Å². The monoisotopic (exact) mass is 259 g/mol. The fourth-order valence-electron chi connectivity index (χ4n) is 1.69. The second-order valence-electron chi connectivity index (χ2n) is 4.45. The van der Waals surface area contributed by atoms with Crippen molar-refractivity contribution >= 4 is 17.5 Å². The molecule has 0 fully saturated rings. The second kappa shape index (κ2) is 6.55. The first-order valence-electron chi connectivity index (χ1n) is 6.02. The highest BCUT2D eigenvalue weighted by Crippen LogP contribution is 2.13. The third kappa shape index (κ3) is 4.11. The van der Waals surface area contributed by atoms with Gasteiger partial charge in [0.1, 0.15) is 12.6 Å². The normalized spacial score (nSPS) is 9.84. The quantitative estimate of drug-likeness (QED) is 0.895. The SMILES string of the molecule is CC(=O)N(CC(=O)Nc1ccccc1C#N)C(C)C. The number of nitrogens with zero attached hydrogens (tertiary/aromatic N) is 2. The maximum Gasteiger partial charge on any atom is 0.244 e. The molecule has 5 heteroatoms. The van der Waals surface area contributed by atoms with E-state index >= 15 is 0 Å². The third-order valence-electron chi connectivity index (χ3n) is 2.66. The third-order valence-corrected chi connectivity index (χ3v) is 2.66. The minimum absolute atomic E-state index is 0.0211. The van der Waals surface area contributed by atoms with Gasteiger partial charge in [-0.05, 0) is 26.0 Å². The van der Waals surface area contributed by atoms with Crippen molar-refractivity contribution in [2.75, 3.05) is 11.9 Å². The van der Waals surface area contributed by atoms with Crippen LogP contribution in [-0.2, 0) is 9.59 Å². The Balaban J connectivity index is 2.75. The Hall–Kier alpha value is -2.35. The number of carbonyl (C=O) groups is 2. The molecule has 0 atom stereocenters. The van der Waals surface area contributed by atoms with Gasteiger partial charge in [0.25, 0.3) is 0 Å². The molecule has 0 aromatic heterocycles. The van der Waals surface area contributed by atoms with E-state index in [1.54, 1.807) is 24.3 Å². The summed E-state index contributed by atoms with van der Waals surface area (Å²) in [6.07, 6.45) is 0. The molecule has 1 N–H and O–H groups in total. The summed E-state index contributed by atoms with van der Waals surface area (Å²) < 4.78 is 0. The lowest BCUT2D eigenvalue weighted by molar-refractivity contribution is -0.134. The lowest BCUT2D eigenvalue weighted by Gasteiger charge is -2.24. The summed E-state index contributed by atoms with van der Waals surface area (Å²) in [6, 6.07) is 8.70. The van der Waals surface area contributed by atoms with Crippen molar-refractivity contribution in [3.63, 3.8) is 0 Å². The van der Waals surface area contributed by atoms with E-state index in [2.05, 4.69) is 5.32 Å². The number of nitriles is 1. The average Bonchev–Trinajstić information content (AvgIpc) is 2.36. The van der Waals surface area contributed by atoms with Gasteiger partial charge >= 0.3 is 0 Å². The van der Waals surface area contributed by atoms with Crippen molar-refractivity contribution in [2.45, 2.75) is 26.8 Å². The van der Waals surface area contributed by atoms with Crippen molar-refractivity contribution in [2.24, 2.45) is 0 Å². The fraction of sp³-hybridized carbons (Fsp3) is 0.357. The molecule has 0 aliphatic heterocycles. The van der Waals surface area contributed by atoms with Gasteiger partial charge in [-0.15, -0.1) is 0 Å². The molecule has 2 amide bonds. The van der Waals surface area contributed by atoms with E-state index in [9.17, 15) is 9.59 Å². The maximum absolute atomic E-state index is 11.9. The maximum atomic E-state index is 11.9. The number of amides is 2. The van der Waals surface area contributed by atoms with E-state index in [0.717, 1.165) is 0 Å². The number of hydrogen-bond donors (Lipinski definition) is 1. The van der Waals surface area contributed by atoms with Crippen LogP contribution in [-0.4, -0.2) is 29.3 Å². The van der Waals surface area contributed by atoms with Gasteiger partial charge < -0.3 is 10.2 Å². The molecule has 1 aromatic rings. The molecule has 1 aromatic carbocycles. The molecule has 5 nitrogen and oxygen atoms in total. The first-order valence-corrected chi connectivity index (χ1v) is 6.02. The molecule has 19 heavy (non-hydrogen) atoms. The number of carbonyl (C=O) groups excluding carboxylic acids is 2. The molecular formula is C14H17N3O2. The number of rotatable bonds is 4. The zero-order chi connectivity index (χ0) is 14.4. The topological polar surface area (TPSA) is 73.2 Å². The first-order chi connectivity index (χ1) is 8.95. The van der Waals surface area contributed by atoms with E-state index in [0.29, 0.717) is 11.3 Å². The predicted octanol–water partition coefficient (Wildman–Crippen LogP) is 1.75. The number of nitrogens with one attached hydrogen (secondary N) is 1. The number of para-hydroxylation sites is 1. The molecule has 0 unspecified atom stereocenters. The highest BCUT2D eigenvalue weighted by molar-refractivity contribution is 5.95. The van der Waals surface area contributed by atoms with E-state index in [-0.39, 0.29) is 24.4 Å². The highest BCUT2D eigenvalue weighted by atomic mass is 16.2. The van der Waals surface area contributed by atoms with Gasteiger partial charge in [-0.3, -0.25) is 9.59 Å². The van der Waals surface area contributed by atoms with Crippen LogP contribution in [0.3, 0.4) is 0 Å². The van der Waals surface area contributed by atoms with Gasteiger partial charge in [0.15, 0.2) is 0 Å². The van der Waals surface area contributed by atoms with Crippen molar-refractivity contribution in [3.8, 4) is 6.07 Å². The summed E-state index contributed by atoms with van der Waals surface area (Å²) in [5.41, 5.74) is 0.858. The lowest BCUT2D eigenvalue weighted by Crippen LogP contribution is -2.41. The Morgan fingerprint density at radius 3 is 2.53 bits per heavy atom. The Kier molecular flexibility index (Phi) is 5.07. The van der Waals surface area contributed by atoms with Crippen LogP contribution < -0.4 is 5.32 Å². The van der Waals surface area contributed by atoms with Crippen LogP contribution in [0.2, 0.25) is 0 Å². The van der Waals surface area contributed by atoms with Gasteiger partial charge in [0, 0.05) is 13.0 Å². The summed E-state index contributed by atoms with van der Waals surface area (Å²) in [5.74, 6) is -0.467. The van der Waals surface area contributed by atoms with Gasteiger partial charge in [0.05, 0.1) is 11.3 Å². The molecule has 1 rings (SSSR count). The molecule has 0 saturated heterocycles. The summed E-state index contributed by atoms with van der Waals surface area (Å²) in [5, 5.41) is 11.6. The smallest absolute Gasteiger partial charge is 0.244 e. The summed E-state index contributed by atoms with van der Waals surface area (Å²) in [7, 11) is 0. The number of benzene rings is 1. The summed E-state index contributed by atoms with van der Waals surface area (Å²) in [6.45, 7) is 5.10. The minimum Gasteiger partial charge on any atom is -0.331 e. The molecule has 0 bridgehead atoms. The van der Waals surface area contributed by atoms with E-state index in [1.165, 1.54) is 11.8 Å². The molecular weight excluding hydrogens is 242 g/mol. The standard InChI is InChI=1S/C14H17N3O2/c1-10(2)17(11(3)18)9-14(19)16-13-7-5-4-6-12(13)8-15/h4-7,10H,9H2,1-3H3,(H,16,19). The number of hydrogen-bond acceptors (Lipinski definition) is 3. The molecule has 0 aliphatic rings. The largest absolute Gasteiger partial charge is 0.331 e. The molecule has 0 aliphatic carbocycles. The van der Waals surface area contributed by atoms with Crippen molar-refractivity contribution in [3.05, 3.63) is 29.8 Å². The zero-order valence-corrected chi connectivity index (χ0v) is 11.3. The average molecular weight is 259 g/mol. The molecule has 0 radical (unpaired) electrons. The van der Waals surface area contributed by atoms with Crippen molar-refractivity contribution in [1.82, 2.24) is 4.90 Å². The summed E-state index contributed by atoms with van der Waals surface area (Å²) in [4.78, 5) is 24.7. The summed E-state index contributed by atoms with van der Waals surface area (Å²) >= 11 is 0. The fourth-order valence-corrected chi connectivity index (χ4v) is 1.69. The van der Waals surface area contributed by atoms with Crippen LogP contribution in [0.5, 0.6) is 0 Å². The molecule has 100 valence electrons. The van der Waals surface area contributed by atoms with Crippen molar-refractivity contribution < 1.29 is 9.59 Å². The molecule has 0 heterocycles. The zero-order valence-electron chi connectivity index (χ0n) is 11.3.